The van der Waals surface area contributed by atoms with Gasteiger partial charge in [0.05, 0.1) is 6.61 Å². The number of unbranched alkanes of at least 4 members (excludes halogenated alkanes) is 1. The molecule has 0 bridgehead atoms. The second-order valence-electron chi connectivity index (χ2n) is 2.15. The molecule has 0 saturated heterocycles. The predicted octanol–water partition coefficient (Wildman–Crippen LogP) is 2.32. The zero-order chi connectivity index (χ0) is 9.61. The van der Waals surface area contributed by atoms with E-state index in [9.17, 15) is 9.36 Å². The van der Waals surface area contributed by atoms with Crippen LogP contribution in [0.25, 0.3) is 0 Å². The molecule has 1 unspecified atom stereocenters. The Hall–Kier alpha value is -0.380. The molecule has 6 heteroatoms. The van der Waals surface area contributed by atoms with Crippen molar-refractivity contribution >= 4 is 13.3 Å². The van der Waals surface area contributed by atoms with E-state index in [0.29, 0.717) is 6.42 Å². The summed E-state index contributed by atoms with van der Waals surface area (Å²) in [6.07, 6.45) is 1.52. The molecule has 0 aliphatic heterocycles. The van der Waals surface area contributed by atoms with E-state index in [1.807, 2.05) is 6.92 Å². The molecule has 0 fully saturated rings. The molecule has 0 aromatic carbocycles. The van der Waals surface area contributed by atoms with Crippen LogP contribution in [0, 0.1) is 0 Å². The van der Waals surface area contributed by atoms with Crippen LogP contribution < -0.4 is 0 Å². The van der Waals surface area contributed by atoms with Gasteiger partial charge in [-0.1, -0.05) is 13.3 Å². The highest BCUT2D eigenvalue weighted by atomic mass is 31.2. The molecule has 0 rings (SSSR count). The number of carbonyl (C=O) groups is 1. The number of hydrogen-bond donors (Lipinski definition) is 1. The van der Waals surface area contributed by atoms with Gasteiger partial charge in [-0.05, 0) is 6.42 Å². The molecule has 0 aliphatic rings. The highest BCUT2D eigenvalue weighted by Crippen LogP contribution is 2.47. The molecule has 0 heterocycles. The summed E-state index contributed by atoms with van der Waals surface area (Å²) in [7, 11) is -2.83. The number of hydrogen-bond acceptors (Lipinski definition) is 4. The SMILES string of the molecule is CCCCOP(=O)(OC)C(=O)O. The van der Waals surface area contributed by atoms with Crippen LogP contribution in [0.1, 0.15) is 19.8 Å². The average Bonchev–Trinajstić information content (AvgIpc) is 2.04. The van der Waals surface area contributed by atoms with Gasteiger partial charge in [-0.25, -0.2) is 9.36 Å². The van der Waals surface area contributed by atoms with Crippen molar-refractivity contribution in [2.45, 2.75) is 19.8 Å². The van der Waals surface area contributed by atoms with E-state index in [1.165, 1.54) is 0 Å². The summed E-state index contributed by atoms with van der Waals surface area (Å²) >= 11 is 0. The van der Waals surface area contributed by atoms with Crippen LogP contribution in [-0.4, -0.2) is 24.5 Å². The molecule has 72 valence electrons. The number of carboxylic acid groups (broad SMARTS) is 1. The molecule has 1 N–H and O–H groups in total. The van der Waals surface area contributed by atoms with Crippen LogP contribution in [0.5, 0.6) is 0 Å². The van der Waals surface area contributed by atoms with Crippen LogP contribution in [0.2, 0.25) is 0 Å². The van der Waals surface area contributed by atoms with Gasteiger partial charge in [-0.3, -0.25) is 0 Å². The first-order valence-corrected chi connectivity index (χ1v) is 5.15. The Balaban J connectivity index is 3.98. The first-order valence-electron chi connectivity index (χ1n) is 3.60. The normalized spacial score (nSPS) is 15.5. The maximum atomic E-state index is 11.1. The Morgan fingerprint density at radius 2 is 2.17 bits per heavy atom. The van der Waals surface area contributed by atoms with Crippen molar-refractivity contribution < 1.29 is 23.5 Å². The summed E-state index contributed by atoms with van der Waals surface area (Å²) in [6.45, 7) is 2.07. The summed E-state index contributed by atoms with van der Waals surface area (Å²) in [5.41, 5.74) is -1.54. The fourth-order valence-corrected chi connectivity index (χ4v) is 1.26. The second-order valence-corrected chi connectivity index (χ2v) is 4.15. The third kappa shape index (κ3) is 3.34. The maximum Gasteiger partial charge on any atom is 0.437 e. The highest BCUT2D eigenvalue weighted by molar-refractivity contribution is 7.71. The van der Waals surface area contributed by atoms with E-state index in [-0.39, 0.29) is 6.61 Å². The molecule has 0 radical (unpaired) electrons. The Kier molecular flexibility index (Phi) is 5.13. The predicted molar refractivity (Wildman–Crippen MR) is 43.5 cm³/mol. The molecule has 0 amide bonds. The monoisotopic (exact) mass is 196 g/mol. The molecule has 5 nitrogen and oxygen atoms in total. The van der Waals surface area contributed by atoms with Gasteiger partial charge in [0.1, 0.15) is 0 Å². The summed E-state index contributed by atoms with van der Waals surface area (Å²) in [4.78, 5) is 10.3. The van der Waals surface area contributed by atoms with Crippen LogP contribution in [-0.2, 0) is 13.6 Å². The Morgan fingerprint density at radius 3 is 2.50 bits per heavy atom. The fraction of sp³-hybridized carbons (Fsp3) is 0.833. The minimum absolute atomic E-state index is 0.147. The summed E-state index contributed by atoms with van der Waals surface area (Å²) in [6, 6.07) is 0. The number of rotatable bonds is 6. The minimum Gasteiger partial charge on any atom is -0.472 e. The molecular formula is C6H13O5P. The largest absolute Gasteiger partial charge is 0.472 e. The zero-order valence-corrected chi connectivity index (χ0v) is 8.04. The van der Waals surface area contributed by atoms with Gasteiger partial charge in [-0.15, -0.1) is 0 Å². The molecule has 0 spiro atoms. The third-order valence-corrected chi connectivity index (χ3v) is 2.71. The summed E-state index contributed by atoms with van der Waals surface area (Å²) < 4.78 is 20.0. The Morgan fingerprint density at radius 1 is 1.58 bits per heavy atom. The third-order valence-electron chi connectivity index (χ3n) is 1.23. The van der Waals surface area contributed by atoms with Crippen LogP contribution in [0.4, 0.5) is 4.79 Å². The zero-order valence-electron chi connectivity index (χ0n) is 7.15. The Bertz CT molecular complexity index is 190. The standard InChI is InChI=1S/C6H13O5P/c1-3-4-5-11-12(9,10-2)6(7)8/h3-5H2,1-2H3,(H,7,8). The van der Waals surface area contributed by atoms with Crippen LogP contribution in [0.3, 0.4) is 0 Å². The lowest BCUT2D eigenvalue weighted by atomic mass is 10.4. The van der Waals surface area contributed by atoms with E-state index in [2.05, 4.69) is 9.05 Å². The minimum atomic E-state index is -3.89. The van der Waals surface area contributed by atoms with Gasteiger partial charge in [0.25, 0.3) is 0 Å². The second kappa shape index (κ2) is 5.30. The van der Waals surface area contributed by atoms with Gasteiger partial charge in [0, 0.05) is 7.11 Å². The van der Waals surface area contributed by atoms with Crippen molar-refractivity contribution in [3.05, 3.63) is 0 Å². The van der Waals surface area contributed by atoms with Crippen LogP contribution in [0.15, 0.2) is 0 Å². The fourth-order valence-electron chi connectivity index (χ4n) is 0.515. The van der Waals surface area contributed by atoms with Gasteiger partial charge >= 0.3 is 13.3 Å². The van der Waals surface area contributed by atoms with Crippen molar-refractivity contribution in [2.75, 3.05) is 13.7 Å². The highest BCUT2D eigenvalue weighted by Gasteiger charge is 2.33. The lowest BCUT2D eigenvalue weighted by Gasteiger charge is -2.10. The van der Waals surface area contributed by atoms with Crippen molar-refractivity contribution in [3.63, 3.8) is 0 Å². The molecule has 1 atom stereocenters. The molecule has 0 aromatic heterocycles. The van der Waals surface area contributed by atoms with E-state index >= 15 is 0 Å². The van der Waals surface area contributed by atoms with Gasteiger partial charge in [0.15, 0.2) is 0 Å². The lowest BCUT2D eigenvalue weighted by Crippen LogP contribution is -2.03. The topological polar surface area (TPSA) is 72.8 Å². The first-order chi connectivity index (χ1) is 5.56. The quantitative estimate of drug-likeness (QED) is 0.521. The van der Waals surface area contributed by atoms with Crippen molar-refractivity contribution in [2.24, 2.45) is 0 Å². The van der Waals surface area contributed by atoms with Crippen molar-refractivity contribution in [3.8, 4) is 0 Å². The molecule has 0 aromatic rings. The van der Waals surface area contributed by atoms with Crippen molar-refractivity contribution in [1.29, 1.82) is 0 Å². The molecule has 0 saturated carbocycles. The van der Waals surface area contributed by atoms with E-state index in [1.54, 1.807) is 0 Å². The van der Waals surface area contributed by atoms with Gasteiger partial charge < -0.3 is 14.2 Å². The molecule has 0 aliphatic carbocycles. The van der Waals surface area contributed by atoms with Crippen LogP contribution >= 0.6 is 7.60 Å². The van der Waals surface area contributed by atoms with Gasteiger partial charge in [0.2, 0.25) is 0 Å². The Labute approximate surface area is 71.2 Å². The maximum absolute atomic E-state index is 11.1. The first kappa shape index (κ1) is 11.6. The van der Waals surface area contributed by atoms with E-state index in [0.717, 1.165) is 13.5 Å². The average molecular weight is 196 g/mol. The van der Waals surface area contributed by atoms with Gasteiger partial charge in [-0.2, -0.15) is 0 Å². The summed E-state index contributed by atoms with van der Waals surface area (Å²) in [5.74, 6) is 0. The van der Waals surface area contributed by atoms with Crippen molar-refractivity contribution in [1.82, 2.24) is 0 Å². The molecule has 12 heavy (non-hydrogen) atoms. The smallest absolute Gasteiger partial charge is 0.437 e. The molecular weight excluding hydrogens is 183 g/mol. The summed E-state index contributed by atoms with van der Waals surface area (Å²) in [5, 5.41) is 8.42. The lowest BCUT2D eigenvalue weighted by molar-refractivity contribution is 0.186. The van der Waals surface area contributed by atoms with E-state index < -0.39 is 13.3 Å². The van der Waals surface area contributed by atoms with E-state index in [4.69, 9.17) is 5.11 Å².